The van der Waals surface area contributed by atoms with Crippen LogP contribution in [0.5, 0.6) is 0 Å². The summed E-state index contributed by atoms with van der Waals surface area (Å²) in [6.07, 6.45) is 2.47. The molecule has 0 unspecified atom stereocenters. The van der Waals surface area contributed by atoms with Gasteiger partial charge in [-0.15, -0.1) is 11.6 Å². The van der Waals surface area contributed by atoms with Gasteiger partial charge in [-0.1, -0.05) is 6.92 Å². The van der Waals surface area contributed by atoms with Crippen molar-refractivity contribution in [2.24, 2.45) is 5.92 Å². The molecule has 1 fully saturated rings. The van der Waals surface area contributed by atoms with Crippen LogP contribution < -0.4 is 0 Å². The minimum absolute atomic E-state index is 0.129. The van der Waals surface area contributed by atoms with Gasteiger partial charge >= 0.3 is 30.0 Å². The summed E-state index contributed by atoms with van der Waals surface area (Å²) >= 11 is 4.25. The fourth-order valence-electron chi connectivity index (χ4n) is 2.03. The first-order chi connectivity index (χ1) is 8.25. The average molecular weight is 352 g/mol. The first-order valence-corrected chi connectivity index (χ1v) is 12.8. The SMILES string of the molecule is CC1CCN(Cc2cc[c-]cc2F)CC1.[Zn+][Br]. The van der Waals surface area contributed by atoms with Crippen LogP contribution in [-0.4, -0.2) is 18.0 Å². The first-order valence-electron chi connectivity index (χ1n) is 5.89. The van der Waals surface area contributed by atoms with Crippen molar-refractivity contribution in [1.29, 1.82) is 0 Å². The second-order valence-electron chi connectivity index (χ2n) is 4.48. The van der Waals surface area contributed by atoms with Crippen molar-refractivity contribution in [3.63, 3.8) is 0 Å². The van der Waals surface area contributed by atoms with Gasteiger partial charge in [0.05, 0.1) is 0 Å². The molecule has 1 aromatic rings. The zero-order chi connectivity index (χ0) is 12.7. The Morgan fingerprint density at radius 2 is 2.12 bits per heavy atom. The summed E-state index contributed by atoms with van der Waals surface area (Å²) in [7, 11) is 0. The van der Waals surface area contributed by atoms with Crippen LogP contribution in [0.15, 0.2) is 18.2 Å². The molecule has 0 amide bonds. The third kappa shape index (κ3) is 5.15. The third-order valence-electron chi connectivity index (χ3n) is 3.17. The van der Waals surface area contributed by atoms with E-state index < -0.39 is 0 Å². The van der Waals surface area contributed by atoms with Gasteiger partial charge < -0.3 is 4.90 Å². The molecule has 0 aromatic heterocycles. The van der Waals surface area contributed by atoms with E-state index in [0.717, 1.165) is 31.1 Å². The van der Waals surface area contributed by atoms with E-state index in [4.69, 9.17) is 0 Å². The van der Waals surface area contributed by atoms with Gasteiger partial charge in [0.15, 0.2) is 0 Å². The molecule has 0 bridgehead atoms. The predicted octanol–water partition coefficient (Wildman–Crippen LogP) is 3.70. The van der Waals surface area contributed by atoms with E-state index in [-0.39, 0.29) is 5.82 Å². The molecular weight excluding hydrogens is 334 g/mol. The molecule has 1 aliphatic heterocycles. The number of benzene rings is 1. The van der Waals surface area contributed by atoms with Gasteiger partial charge in [0.25, 0.3) is 0 Å². The fourth-order valence-corrected chi connectivity index (χ4v) is 2.03. The molecule has 1 heterocycles. The molecule has 0 aliphatic carbocycles. The van der Waals surface area contributed by atoms with Crippen LogP contribution >= 0.6 is 13.6 Å². The maximum atomic E-state index is 13.4. The minimum atomic E-state index is -0.129. The van der Waals surface area contributed by atoms with E-state index in [1.165, 1.54) is 35.3 Å². The Bertz CT molecular complexity index is 327. The molecule has 1 nitrogen and oxygen atoms in total. The normalized spacial score (nSPS) is 17.5. The van der Waals surface area contributed by atoms with E-state index in [2.05, 4.69) is 31.5 Å². The molecule has 0 N–H and O–H groups in total. The summed E-state index contributed by atoms with van der Waals surface area (Å²) < 4.78 is 13.4. The summed E-state index contributed by atoms with van der Waals surface area (Å²) in [4.78, 5) is 2.33. The third-order valence-corrected chi connectivity index (χ3v) is 3.17. The van der Waals surface area contributed by atoms with E-state index in [1.807, 2.05) is 6.07 Å². The summed E-state index contributed by atoms with van der Waals surface area (Å²) in [6, 6.07) is 7.78. The predicted molar refractivity (Wildman–Crippen MR) is 67.8 cm³/mol. The maximum absolute atomic E-state index is 13.4. The van der Waals surface area contributed by atoms with Gasteiger partial charge in [0, 0.05) is 12.4 Å². The van der Waals surface area contributed by atoms with E-state index in [9.17, 15) is 4.39 Å². The number of piperidine rings is 1. The quantitative estimate of drug-likeness (QED) is 0.580. The molecule has 1 aliphatic rings. The summed E-state index contributed by atoms with van der Waals surface area (Å²) in [5, 5.41) is 0. The van der Waals surface area contributed by atoms with Crippen LogP contribution in [0.3, 0.4) is 0 Å². The van der Waals surface area contributed by atoms with Crippen LogP contribution in [-0.2, 0) is 22.9 Å². The monoisotopic (exact) mass is 349 g/mol. The van der Waals surface area contributed by atoms with Crippen molar-refractivity contribution in [3.8, 4) is 0 Å². The van der Waals surface area contributed by atoms with Crippen molar-refractivity contribution >= 4 is 13.6 Å². The van der Waals surface area contributed by atoms with Gasteiger partial charge in [-0.05, 0) is 31.8 Å². The zero-order valence-electron chi connectivity index (χ0n) is 10.3. The topological polar surface area (TPSA) is 3.24 Å². The standard InChI is InChI=1S/C13H17FN.BrH.Zn/c1-11-6-8-15(9-7-11)10-12-4-2-3-5-13(12)14;;/h2,4-5,11H,6-10H2,1H3;1H;/q-1;;+2/p-1. The van der Waals surface area contributed by atoms with Crippen molar-refractivity contribution < 1.29 is 20.7 Å². The summed E-state index contributed by atoms with van der Waals surface area (Å²) in [5.41, 5.74) is 0.795. The van der Waals surface area contributed by atoms with E-state index in [0.29, 0.717) is 0 Å². The van der Waals surface area contributed by atoms with Crippen LogP contribution in [0, 0.1) is 17.8 Å². The molecule has 1 saturated heterocycles. The number of rotatable bonds is 2. The second kappa shape index (κ2) is 8.34. The molecule has 1 aromatic carbocycles. The summed E-state index contributed by atoms with van der Waals surface area (Å²) in [5.74, 6) is 0.700. The molecule has 0 saturated carbocycles. The molecule has 2 rings (SSSR count). The molecule has 90 valence electrons. The number of hydrogen-bond donors (Lipinski definition) is 0. The van der Waals surface area contributed by atoms with Crippen LogP contribution in [0.4, 0.5) is 4.39 Å². The first kappa shape index (κ1) is 15.3. The van der Waals surface area contributed by atoms with E-state index in [1.54, 1.807) is 6.07 Å². The van der Waals surface area contributed by atoms with Crippen LogP contribution in [0.25, 0.3) is 0 Å². The second-order valence-corrected chi connectivity index (χ2v) is 4.48. The van der Waals surface area contributed by atoms with Crippen molar-refractivity contribution in [1.82, 2.24) is 4.90 Å². The van der Waals surface area contributed by atoms with Gasteiger partial charge in [-0.25, -0.2) is 0 Å². The Kier molecular flexibility index (Phi) is 7.49. The Labute approximate surface area is 120 Å². The number of likely N-dealkylation sites (tertiary alicyclic amines) is 1. The molecule has 0 atom stereocenters. The molecule has 17 heavy (non-hydrogen) atoms. The molecule has 0 spiro atoms. The van der Waals surface area contributed by atoms with Crippen LogP contribution in [0.1, 0.15) is 25.3 Å². The number of nitrogens with zero attached hydrogens (tertiary/aromatic N) is 1. The van der Waals surface area contributed by atoms with Gasteiger partial charge in [0.2, 0.25) is 0 Å². The Balaban J connectivity index is 0.000000686. The Hall–Kier alpha value is 0.213. The van der Waals surface area contributed by atoms with Crippen molar-refractivity contribution in [2.45, 2.75) is 26.3 Å². The van der Waals surface area contributed by atoms with E-state index >= 15 is 0 Å². The van der Waals surface area contributed by atoms with Crippen LogP contribution in [0.2, 0.25) is 0 Å². The molecule has 0 radical (unpaired) electrons. The van der Waals surface area contributed by atoms with Crippen molar-refractivity contribution in [3.05, 3.63) is 35.6 Å². The Morgan fingerprint density at radius 3 is 2.71 bits per heavy atom. The molecular formula is C13H17BrFNZn. The molecule has 4 heteroatoms. The number of hydrogen-bond acceptors (Lipinski definition) is 1. The van der Waals surface area contributed by atoms with Gasteiger partial charge in [-0.2, -0.15) is 18.2 Å². The summed E-state index contributed by atoms with van der Waals surface area (Å²) in [6.45, 7) is 5.22. The van der Waals surface area contributed by atoms with Crippen molar-refractivity contribution in [2.75, 3.05) is 13.1 Å². The number of halogens is 2. The van der Waals surface area contributed by atoms with Gasteiger partial charge in [-0.3, -0.25) is 4.39 Å². The average Bonchev–Trinajstić information content (AvgIpc) is 2.37. The zero-order valence-corrected chi connectivity index (χ0v) is 14.8. The fraction of sp³-hybridized carbons (Fsp3) is 0.538. The Morgan fingerprint density at radius 1 is 1.47 bits per heavy atom. The van der Waals surface area contributed by atoms with Gasteiger partial charge in [0.1, 0.15) is 0 Å².